The van der Waals surface area contributed by atoms with E-state index < -0.39 is 6.43 Å². The van der Waals surface area contributed by atoms with E-state index in [9.17, 15) is 13.6 Å². The molecule has 0 aromatic heterocycles. The molecule has 2 heterocycles. The lowest BCUT2D eigenvalue weighted by Gasteiger charge is -2.26. The molecule has 2 aliphatic rings. The van der Waals surface area contributed by atoms with Crippen molar-refractivity contribution in [2.45, 2.75) is 42.6 Å². The highest BCUT2D eigenvalue weighted by molar-refractivity contribution is 8.00. The molecule has 2 unspecified atom stereocenters. The molecule has 1 nitrogen and oxygen atoms in total. The smallest absolute Gasteiger partial charge is 0.263 e. The van der Waals surface area contributed by atoms with Crippen LogP contribution in [0, 0.1) is 5.92 Å². The largest absolute Gasteiger partial charge is 0.294 e. The molecule has 0 N–H and O–H groups in total. The average Bonchev–Trinajstić information content (AvgIpc) is 2.76. The zero-order valence-electron chi connectivity index (χ0n) is 10.5. The number of benzene rings is 1. The normalized spacial score (nSPS) is 29.7. The van der Waals surface area contributed by atoms with Gasteiger partial charge in [-0.25, -0.2) is 8.78 Å². The van der Waals surface area contributed by atoms with E-state index in [1.165, 1.54) is 25.0 Å². The topological polar surface area (TPSA) is 17.1 Å². The van der Waals surface area contributed by atoms with Gasteiger partial charge in [0.2, 0.25) is 0 Å². The molecule has 3 rings (SSSR count). The fourth-order valence-corrected chi connectivity index (χ4v) is 4.91. The number of Topliss-reactive ketones (excluding diaryl/α,β-unsaturated/α-hetero) is 1. The maximum absolute atomic E-state index is 12.7. The van der Waals surface area contributed by atoms with Gasteiger partial charge in [0.05, 0.1) is 0 Å². The molecule has 19 heavy (non-hydrogen) atoms. The third kappa shape index (κ3) is 2.69. The first-order valence-electron chi connectivity index (χ1n) is 6.71. The van der Waals surface area contributed by atoms with Crippen LogP contribution in [0.5, 0.6) is 0 Å². The molecule has 0 saturated carbocycles. The molecular formula is C15H16F2OS. The van der Waals surface area contributed by atoms with E-state index in [0.717, 1.165) is 12.8 Å². The zero-order valence-corrected chi connectivity index (χ0v) is 11.3. The van der Waals surface area contributed by atoms with E-state index in [0.29, 0.717) is 16.1 Å². The zero-order chi connectivity index (χ0) is 13.4. The van der Waals surface area contributed by atoms with Crippen molar-refractivity contribution in [3.63, 3.8) is 0 Å². The molecule has 2 fully saturated rings. The van der Waals surface area contributed by atoms with Gasteiger partial charge in [-0.2, -0.15) is 11.8 Å². The van der Waals surface area contributed by atoms with Gasteiger partial charge in [-0.05, 0) is 31.7 Å². The van der Waals surface area contributed by atoms with Gasteiger partial charge in [0.25, 0.3) is 6.43 Å². The van der Waals surface area contributed by atoms with Gasteiger partial charge in [0, 0.05) is 27.5 Å². The lowest BCUT2D eigenvalue weighted by molar-refractivity contribution is 0.0906. The summed E-state index contributed by atoms with van der Waals surface area (Å²) in [5.74, 6) is 0.0892. The Morgan fingerprint density at radius 1 is 1.21 bits per heavy atom. The van der Waals surface area contributed by atoms with Gasteiger partial charge in [0.1, 0.15) is 0 Å². The second kappa shape index (κ2) is 5.23. The molecule has 0 amide bonds. The van der Waals surface area contributed by atoms with Gasteiger partial charge in [0.15, 0.2) is 5.78 Å². The molecule has 1 aromatic rings. The number of carbonyl (C=O) groups is 1. The fraction of sp³-hybridized carbons (Fsp3) is 0.533. The van der Waals surface area contributed by atoms with Gasteiger partial charge in [-0.15, -0.1) is 0 Å². The maximum atomic E-state index is 12.7. The van der Waals surface area contributed by atoms with Crippen molar-refractivity contribution < 1.29 is 13.6 Å². The summed E-state index contributed by atoms with van der Waals surface area (Å²) in [4.78, 5) is 12.4. The van der Waals surface area contributed by atoms with Crippen molar-refractivity contribution in [3.05, 3.63) is 35.4 Å². The molecule has 0 spiro atoms. The number of hydrogen-bond donors (Lipinski definition) is 0. The maximum Gasteiger partial charge on any atom is 0.263 e. The summed E-state index contributed by atoms with van der Waals surface area (Å²) >= 11 is 2.00. The van der Waals surface area contributed by atoms with E-state index in [-0.39, 0.29) is 17.3 Å². The minimum absolute atomic E-state index is 0.0340. The first kappa shape index (κ1) is 13.1. The molecule has 2 aliphatic heterocycles. The van der Waals surface area contributed by atoms with E-state index in [1.54, 1.807) is 12.1 Å². The Labute approximate surface area is 115 Å². The standard InChI is InChI=1S/C15H16F2OS/c16-15(17)10-3-1-2-9(6-10)14(18)11-7-12-4-5-13(8-11)19-12/h1-3,6,11-13,15H,4-5,7-8H2. The first-order valence-corrected chi connectivity index (χ1v) is 7.65. The number of thioether (sulfide) groups is 1. The summed E-state index contributed by atoms with van der Waals surface area (Å²) in [5.41, 5.74) is 0.396. The first-order chi connectivity index (χ1) is 9.13. The van der Waals surface area contributed by atoms with Gasteiger partial charge in [-0.1, -0.05) is 18.2 Å². The minimum atomic E-state index is -2.51. The second-order valence-corrected chi connectivity index (χ2v) is 7.02. The summed E-state index contributed by atoms with van der Waals surface area (Å²) in [7, 11) is 0. The molecule has 2 saturated heterocycles. The number of hydrogen-bond acceptors (Lipinski definition) is 2. The molecular weight excluding hydrogens is 266 g/mol. The highest BCUT2D eigenvalue weighted by atomic mass is 32.2. The van der Waals surface area contributed by atoms with Crippen LogP contribution in [0.25, 0.3) is 0 Å². The Hall–Kier alpha value is -0.900. The van der Waals surface area contributed by atoms with Crippen LogP contribution in [-0.4, -0.2) is 16.3 Å². The van der Waals surface area contributed by atoms with Crippen molar-refractivity contribution in [1.29, 1.82) is 0 Å². The van der Waals surface area contributed by atoms with E-state index in [1.807, 2.05) is 11.8 Å². The van der Waals surface area contributed by atoms with Crippen molar-refractivity contribution in [2.24, 2.45) is 5.92 Å². The average molecular weight is 282 g/mol. The van der Waals surface area contributed by atoms with Crippen LogP contribution in [0.1, 0.15) is 48.0 Å². The number of ketones is 1. The lowest BCUT2D eigenvalue weighted by atomic mass is 9.90. The van der Waals surface area contributed by atoms with Crippen LogP contribution in [0.15, 0.2) is 24.3 Å². The Bertz CT molecular complexity index is 477. The number of rotatable bonds is 3. The highest BCUT2D eigenvalue weighted by Gasteiger charge is 2.37. The molecule has 0 radical (unpaired) electrons. The predicted molar refractivity (Wildman–Crippen MR) is 72.9 cm³/mol. The SMILES string of the molecule is O=C(c1cccc(C(F)F)c1)C1CC2CCC(C1)S2. The van der Waals surface area contributed by atoms with Crippen LogP contribution >= 0.6 is 11.8 Å². The van der Waals surface area contributed by atoms with Crippen molar-refractivity contribution >= 4 is 17.5 Å². The summed E-state index contributed by atoms with van der Waals surface area (Å²) in [5, 5.41) is 1.21. The fourth-order valence-electron chi connectivity index (χ4n) is 3.14. The third-order valence-corrected chi connectivity index (χ3v) is 5.71. The summed E-state index contributed by atoms with van der Waals surface area (Å²) < 4.78 is 25.3. The monoisotopic (exact) mass is 282 g/mol. The number of fused-ring (bicyclic) bond motifs is 2. The van der Waals surface area contributed by atoms with E-state index >= 15 is 0 Å². The summed E-state index contributed by atoms with van der Waals surface area (Å²) in [6.45, 7) is 0. The van der Waals surface area contributed by atoms with Crippen LogP contribution in [0.2, 0.25) is 0 Å². The Balaban J connectivity index is 1.78. The van der Waals surface area contributed by atoms with E-state index in [4.69, 9.17) is 0 Å². The minimum Gasteiger partial charge on any atom is -0.294 e. The van der Waals surface area contributed by atoms with E-state index in [2.05, 4.69) is 0 Å². The van der Waals surface area contributed by atoms with Crippen LogP contribution in [-0.2, 0) is 0 Å². The van der Waals surface area contributed by atoms with Crippen LogP contribution in [0.3, 0.4) is 0 Å². The predicted octanol–water partition coefficient (Wildman–Crippen LogP) is 4.48. The summed E-state index contributed by atoms with van der Waals surface area (Å²) in [6.07, 6.45) is 1.73. The van der Waals surface area contributed by atoms with Crippen molar-refractivity contribution in [3.8, 4) is 0 Å². The Morgan fingerprint density at radius 2 is 1.89 bits per heavy atom. The third-order valence-electron chi connectivity index (χ3n) is 4.08. The number of alkyl halides is 2. The van der Waals surface area contributed by atoms with Crippen LogP contribution in [0.4, 0.5) is 8.78 Å². The van der Waals surface area contributed by atoms with Crippen molar-refractivity contribution in [2.75, 3.05) is 0 Å². The summed E-state index contributed by atoms with van der Waals surface area (Å²) in [6, 6.07) is 5.96. The van der Waals surface area contributed by atoms with Gasteiger partial charge < -0.3 is 0 Å². The van der Waals surface area contributed by atoms with Crippen LogP contribution < -0.4 is 0 Å². The molecule has 102 valence electrons. The van der Waals surface area contributed by atoms with Crippen molar-refractivity contribution in [1.82, 2.24) is 0 Å². The molecule has 2 atom stereocenters. The molecule has 0 aliphatic carbocycles. The second-order valence-electron chi connectivity index (χ2n) is 5.42. The number of carbonyl (C=O) groups excluding carboxylic acids is 1. The molecule has 1 aromatic carbocycles. The quantitative estimate of drug-likeness (QED) is 0.760. The van der Waals surface area contributed by atoms with Gasteiger partial charge >= 0.3 is 0 Å². The Kier molecular flexibility index (Phi) is 3.61. The molecule has 2 bridgehead atoms. The lowest BCUT2D eigenvalue weighted by Crippen LogP contribution is -2.24. The number of halogens is 2. The Morgan fingerprint density at radius 3 is 2.53 bits per heavy atom. The molecule has 4 heteroatoms. The van der Waals surface area contributed by atoms with Gasteiger partial charge in [-0.3, -0.25) is 4.79 Å². The highest BCUT2D eigenvalue weighted by Crippen LogP contribution is 2.46.